The van der Waals surface area contributed by atoms with Crippen LogP contribution in [-0.4, -0.2) is 42.5 Å². The molecule has 0 saturated carbocycles. The second-order valence-electron chi connectivity index (χ2n) is 7.19. The van der Waals surface area contributed by atoms with Gasteiger partial charge in [0.1, 0.15) is 10.2 Å². The molecular formula is C23H21BrF3N2O4-. The minimum absolute atomic E-state index is 0.144. The number of hydrogen-bond donors (Lipinski definition) is 0. The SMILES string of the molecule is CO/C=C(/C(=O)[O-])c1ccccc1COC1C(C(F)(F)F)=C(Br)N(Cc2ccccc2)N1C. The largest absolute Gasteiger partial charge is 0.545 e. The molecule has 0 fully saturated rings. The quantitative estimate of drug-likeness (QED) is 0.297. The van der Waals surface area contributed by atoms with Crippen molar-refractivity contribution in [1.82, 2.24) is 10.0 Å². The molecule has 176 valence electrons. The maximum absolute atomic E-state index is 14.0. The summed E-state index contributed by atoms with van der Waals surface area (Å²) in [6, 6.07) is 15.4. The lowest BCUT2D eigenvalue weighted by Gasteiger charge is -2.31. The van der Waals surface area contributed by atoms with Crippen LogP contribution in [-0.2, 0) is 27.4 Å². The Labute approximate surface area is 197 Å². The summed E-state index contributed by atoms with van der Waals surface area (Å²) in [5.41, 5.74) is 0.299. The monoisotopic (exact) mass is 525 g/mol. The fourth-order valence-corrected chi connectivity index (χ4v) is 4.29. The van der Waals surface area contributed by atoms with Gasteiger partial charge in [-0.05, 0) is 32.6 Å². The third-order valence-electron chi connectivity index (χ3n) is 5.06. The van der Waals surface area contributed by atoms with Crippen LogP contribution in [0, 0.1) is 0 Å². The lowest BCUT2D eigenvalue weighted by atomic mass is 10.0. The van der Waals surface area contributed by atoms with Gasteiger partial charge in [0.2, 0.25) is 0 Å². The van der Waals surface area contributed by atoms with Crippen molar-refractivity contribution < 1.29 is 32.5 Å². The number of carbonyl (C=O) groups is 1. The zero-order chi connectivity index (χ0) is 24.2. The average Bonchev–Trinajstić information content (AvgIpc) is 3.01. The topological polar surface area (TPSA) is 65.1 Å². The van der Waals surface area contributed by atoms with Gasteiger partial charge in [-0.15, -0.1) is 0 Å². The first kappa shape index (κ1) is 24.8. The molecule has 1 aliphatic heterocycles. The molecule has 33 heavy (non-hydrogen) atoms. The molecule has 3 rings (SSSR count). The van der Waals surface area contributed by atoms with E-state index in [0.717, 1.165) is 11.8 Å². The standard InChI is InChI=1S/C23H22BrF3N2O4/c1-28-21(33-13-16-10-6-7-11-17(16)18(14-32-2)22(30)31)19(23(25,26)27)20(24)29(28)12-15-8-4-3-5-9-15/h3-11,14,21H,12-13H2,1-2H3,(H,30,31)/p-1/b18-14+. The smallest absolute Gasteiger partial charge is 0.419 e. The molecule has 0 saturated heterocycles. The average molecular weight is 526 g/mol. The third-order valence-corrected chi connectivity index (χ3v) is 5.89. The van der Waals surface area contributed by atoms with Crippen LogP contribution >= 0.6 is 15.9 Å². The van der Waals surface area contributed by atoms with E-state index >= 15 is 0 Å². The van der Waals surface area contributed by atoms with Crippen LogP contribution in [0.4, 0.5) is 13.2 Å². The number of nitrogens with zero attached hydrogens (tertiary/aromatic N) is 2. The van der Waals surface area contributed by atoms with Crippen molar-refractivity contribution in [3.05, 3.63) is 87.7 Å². The maximum atomic E-state index is 14.0. The molecule has 1 heterocycles. The number of alkyl halides is 3. The van der Waals surface area contributed by atoms with E-state index in [1.54, 1.807) is 30.3 Å². The van der Waals surface area contributed by atoms with Crippen molar-refractivity contribution in [1.29, 1.82) is 0 Å². The Morgan fingerprint density at radius 3 is 2.39 bits per heavy atom. The number of likely N-dealkylation sites (N-methyl/N-ethyl adjacent to an activating group) is 1. The van der Waals surface area contributed by atoms with Gasteiger partial charge in [-0.25, -0.2) is 0 Å². The summed E-state index contributed by atoms with van der Waals surface area (Å²) in [7, 11) is 2.78. The van der Waals surface area contributed by atoms with E-state index in [4.69, 9.17) is 9.47 Å². The fourth-order valence-electron chi connectivity index (χ4n) is 3.50. The zero-order valence-electron chi connectivity index (χ0n) is 17.8. The highest BCUT2D eigenvalue weighted by atomic mass is 79.9. The summed E-state index contributed by atoms with van der Waals surface area (Å²) in [5.74, 6) is -1.48. The van der Waals surface area contributed by atoms with Gasteiger partial charge in [0, 0.05) is 12.6 Å². The van der Waals surface area contributed by atoms with Crippen LogP contribution in [0.2, 0.25) is 0 Å². The molecule has 1 atom stereocenters. The number of ether oxygens (including phenoxy) is 2. The van der Waals surface area contributed by atoms with E-state index in [1.807, 2.05) is 18.2 Å². The maximum Gasteiger partial charge on any atom is 0.419 e. The Hall–Kier alpha value is -2.82. The molecule has 0 radical (unpaired) electrons. The van der Waals surface area contributed by atoms with Gasteiger partial charge < -0.3 is 19.4 Å². The predicted molar refractivity (Wildman–Crippen MR) is 117 cm³/mol. The second kappa shape index (κ2) is 10.4. The van der Waals surface area contributed by atoms with Crippen LogP contribution in [0.5, 0.6) is 0 Å². The van der Waals surface area contributed by atoms with Crippen molar-refractivity contribution in [2.24, 2.45) is 0 Å². The lowest BCUT2D eigenvalue weighted by Crippen LogP contribution is -2.41. The molecule has 0 N–H and O–H groups in total. The van der Waals surface area contributed by atoms with Gasteiger partial charge >= 0.3 is 6.18 Å². The number of carboxylic acid groups (broad SMARTS) is 1. The molecule has 0 aliphatic carbocycles. The molecular weight excluding hydrogens is 505 g/mol. The minimum Gasteiger partial charge on any atom is -0.545 e. The van der Waals surface area contributed by atoms with Crippen LogP contribution in [0.15, 0.2) is 71.0 Å². The molecule has 0 bridgehead atoms. The van der Waals surface area contributed by atoms with Gasteiger partial charge in [-0.3, -0.25) is 5.01 Å². The number of hydrazine groups is 1. The van der Waals surface area contributed by atoms with Gasteiger partial charge in [0.15, 0.2) is 6.23 Å². The predicted octanol–water partition coefficient (Wildman–Crippen LogP) is 3.80. The van der Waals surface area contributed by atoms with E-state index in [-0.39, 0.29) is 28.9 Å². The normalized spacial score (nSPS) is 17.6. The van der Waals surface area contributed by atoms with E-state index in [2.05, 4.69) is 15.9 Å². The third kappa shape index (κ3) is 5.58. The highest BCUT2D eigenvalue weighted by Gasteiger charge is 2.50. The minimum atomic E-state index is -4.66. The van der Waals surface area contributed by atoms with Crippen LogP contribution < -0.4 is 5.11 Å². The Morgan fingerprint density at radius 2 is 1.79 bits per heavy atom. The van der Waals surface area contributed by atoms with E-state index < -0.39 is 23.9 Å². The Balaban J connectivity index is 1.89. The molecule has 0 spiro atoms. The highest BCUT2D eigenvalue weighted by Crippen LogP contribution is 2.43. The number of benzene rings is 2. The Bertz CT molecular complexity index is 1060. The van der Waals surface area contributed by atoms with Crippen molar-refractivity contribution in [3.63, 3.8) is 0 Å². The van der Waals surface area contributed by atoms with Crippen molar-refractivity contribution in [2.45, 2.75) is 25.6 Å². The second-order valence-corrected chi connectivity index (χ2v) is 7.95. The number of rotatable bonds is 8. The molecule has 2 aromatic carbocycles. The number of methoxy groups -OCH3 is 1. The van der Waals surface area contributed by atoms with Crippen LogP contribution in [0.3, 0.4) is 0 Å². The molecule has 1 unspecified atom stereocenters. The van der Waals surface area contributed by atoms with Gasteiger partial charge in [-0.1, -0.05) is 54.6 Å². The van der Waals surface area contributed by atoms with Gasteiger partial charge in [0.05, 0.1) is 32.5 Å². The molecule has 1 aliphatic rings. The summed E-state index contributed by atoms with van der Waals surface area (Å²) < 4.78 is 52.3. The fraction of sp³-hybridized carbons (Fsp3) is 0.261. The summed E-state index contributed by atoms with van der Waals surface area (Å²) in [6.45, 7) is -0.0854. The Kier molecular flexibility index (Phi) is 7.83. The number of hydrogen-bond acceptors (Lipinski definition) is 6. The van der Waals surface area contributed by atoms with Crippen LogP contribution in [0.25, 0.3) is 5.57 Å². The van der Waals surface area contributed by atoms with E-state index in [0.29, 0.717) is 5.56 Å². The highest BCUT2D eigenvalue weighted by molar-refractivity contribution is 9.11. The van der Waals surface area contributed by atoms with Gasteiger partial charge in [-0.2, -0.15) is 18.2 Å². The van der Waals surface area contributed by atoms with Crippen molar-refractivity contribution >= 4 is 27.5 Å². The summed E-state index contributed by atoms with van der Waals surface area (Å²) in [6.07, 6.45) is -5.10. The lowest BCUT2D eigenvalue weighted by molar-refractivity contribution is -0.295. The number of carbonyl (C=O) groups excluding carboxylic acids is 1. The number of carboxylic acids is 1. The van der Waals surface area contributed by atoms with E-state index in [9.17, 15) is 23.1 Å². The van der Waals surface area contributed by atoms with Crippen molar-refractivity contribution in [2.75, 3.05) is 14.2 Å². The summed E-state index contributed by atoms with van der Waals surface area (Å²) in [5, 5.41) is 14.3. The van der Waals surface area contributed by atoms with Gasteiger partial charge in [0.25, 0.3) is 0 Å². The Morgan fingerprint density at radius 1 is 1.15 bits per heavy atom. The van der Waals surface area contributed by atoms with E-state index in [1.165, 1.54) is 30.2 Å². The van der Waals surface area contributed by atoms with Crippen molar-refractivity contribution in [3.8, 4) is 0 Å². The first-order valence-electron chi connectivity index (χ1n) is 9.80. The number of halogens is 4. The first-order valence-corrected chi connectivity index (χ1v) is 10.6. The molecule has 2 aromatic rings. The molecule has 0 amide bonds. The molecule has 6 nitrogen and oxygen atoms in total. The number of aliphatic carboxylic acids is 1. The molecule has 0 aromatic heterocycles. The summed E-state index contributed by atoms with van der Waals surface area (Å²) in [4.78, 5) is 11.5. The first-order chi connectivity index (χ1) is 15.6. The molecule has 10 heteroatoms. The summed E-state index contributed by atoms with van der Waals surface area (Å²) >= 11 is 3.10. The zero-order valence-corrected chi connectivity index (χ0v) is 19.4. The van der Waals surface area contributed by atoms with Crippen LogP contribution in [0.1, 0.15) is 16.7 Å².